The Morgan fingerprint density at radius 2 is 2.05 bits per heavy atom. The fraction of sp³-hybridized carbons (Fsp3) is 0.500. The SMILES string of the molecule is CCCNc1cc(Oc2cc(C)[nH]n2)nc(C(C)C)n1. The van der Waals surface area contributed by atoms with E-state index in [1.165, 1.54) is 0 Å². The van der Waals surface area contributed by atoms with Crippen LogP contribution in [0.4, 0.5) is 5.82 Å². The molecule has 0 bridgehead atoms. The standard InChI is InChI=1S/C14H21N5O/c1-5-6-15-11-8-12(17-14(16-11)9(2)3)20-13-7-10(4)18-19-13/h7-9H,5-6H2,1-4H3,(H,18,19)(H,15,16,17). The van der Waals surface area contributed by atoms with Crippen LogP contribution in [0.25, 0.3) is 0 Å². The van der Waals surface area contributed by atoms with Crippen molar-refractivity contribution in [1.82, 2.24) is 20.2 Å². The van der Waals surface area contributed by atoms with Gasteiger partial charge in [0, 0.05) is 30.3 Å². The second kappa shape index (κ2) is 6.36. The highest BCUT2D eigenvalue weighted by Gasteiger charge is 2.10. The molecule has 0 amide bonds. The second-order valence-electron chi connectivity index (χ2n) is 5.02. The number of rotatable bonds is 6. The van der Waals surface area contributed by atoms with E-state index in [0.29, 0.717) is 11.8 Å². The summed E-state index contributed by atoms with van der Waals surface area (Å²) in [5, 5.41) is 10.2. The lowest BCUT2D eigenvalue weighted by Crippen LogP contribution is -2.07. The molecule has 0 aliphatic carbocycles. The van der Waals surface area contributed by atoms with Crippen LogP contribution in [-0.4, -0.2) is 26.7 Å². The van der Waals surface area contributed by atoms with Gasteiger partial charge in [0.25, 0.3) is 0 Å². The third-order valence-corrected chi connectivity index (χ3v) is 2.68. The van der Waals surface area contributed by atoms with Gasteiger partial charge in [-0.1, -0.05) is 20.8 Å². The van der Waals surface area contributed by atoms with Gasteiger partial charge in [0.2, 0.25) is 11.8 Å². The van der Waals surface area contributed by atoms with Crippen LogP contribution < -0.4 is 10.1 Å². The number of aryl methyl sites for hydroxylation is 1. The quantitative estimate of drug-likeness (QED) is 0.846. The number of aromatic amines is 1. The zero-order valence-corrected chi connectivity index (χ0v) is 12.4. The predicted molar refractivity (Wildman–Crippen MR) is 78.3 cm³/mol. The first kappa shape index (κ1) is 14.3. The first-order chi connectivity index (χ1) is 9.58. The fourth-order valence-electron chi connectivity index (χ4n) is 1.65. The van der Waals surface area contributed by atoms with Crippen molar-refractivity contribution in [2.75, 3.05) is 11.9 Å². The lowest BCUT2D eigenvalue weighted by atomic mass is 10.2. The van der Waals surface area contributed by atoms with Crippen LogP contribution in [0.15, 0.2) is 12.1 Å². The van der Waals surface area contributed by atoms with Crippen molar-refractivity contribution in [2.45, 2.75) is 40.0 Å². The summed E-state index contributed by atoms with van der Waals surface area (Å²) in [7, 11) is 0. The van der Waals surface area contributed by atoms with Gasteiger partial charge in [-0.3, -0.25) is 5.10 Å². The molecule has 108 valence electrons. The van der Waals surface area contributed by atoms with Crippen LogP contribution in [0, 0.1) is 6.92 Å². The molecule has 6 nitrogen and oxygen atoms in total. The van der Waals surface area contributed by atoms with E-state index in [1.54, 1.807) is 6.07 Å². The zero-order chi connectivity index (χ0) is 14.5. The Balaban J connectivity index is 2.23. The van der Waals surface area contributed by atoms with E-state index in [1.807, 2.05) is 13.0 Å². The summed E-state index contributed by atoms with van der Waals surface area (Å²) in [6.07, 6.45) is 1.04. The third kappa shape index (κ3) is 3.69. The Kier molecular flexibility index (Phi) is 4.55. The van der Waals surface area contributed by atoms with Crippen LogP contribution in [-0.2, 0) is 0 Å². The van der Waals surface area contributed by atoms with E-state index in [-0.39, 0.29) is 5.92 Å². The maximum Gasteiger partial charge on any atom is 0.240 e. The van der Waals surface area contributed by atoms with E-state index >= 15 is 0 Å². The first-order valence-corrected chi connectivity index (χ1v) is 6.91. The first-order valence-electron chi connectivity index (χ1n) is 6.91. The van der Waals surface area contributed by atoms with E-state index in [9.17, 15) is 0 Å². The Morgan fingerprint density at radius 1 is 1.25 bits per heavy atom. The summed E-state index contributed by atoms with van der Waals surface area (Å²) in [4.78, 5) is 8.91. The number of ether oxygens (including phenoxy) is 1. The Bertz CT molecular complexity index is 564. The number of H-pyrrole nitrogens is 1. The van der Waals surface area contributed by atoms with Gasteiger partial charge in [0.15, 0.2) is 0 Å². The van der Waals surface area contributed by atoms with Crippen molar-refractivity contribution in [3.05, 3.63) is 23.7 Å². The molecule has 2 rings (SSSR count). The van der Waals surface area contributed by atoms with Crippen molar-refractivity contribution >= 4 is 5.82 Å². The van der Waals surface area contributed by atoms with Gasteiger partial charge in [-0.15, -0.1) is 5.10 Å². The van der Waals surface area contributed by atoms with Crippen LogP contribution in [0.2, 0.25) is 0 Å². The number of aromatic nitrogens is 4. The average molecular weight is 275 g/mol. The minimum absolute atomic E-state index is 0.238. The van der Waals surface area contributed by atoms with Crippen molar-refractivity contribution in [3.63, 3.8) is 0 Å². The van der Waals surface area contributed by atoms with Crippen LogP contribution in [0.3, 0.4) is 0 Å². The molecule has 6 heteroatoms. The maximum atomic E-state index is 5.68. The monoisotopic (exact) mass is 275 g/mol. The van der Waals surface area contributed by atoms with Gasteiger partial charge in [-0.2, -0.15) is 4.98 Å². The fourth-order valence-corrected chi connectivity index (χ4v) is 1.65. The molecule has 20 heavy (non-hydrogen) atoms. The van der Waals surface area contributed by atoms with Crippen molar-refractivity contribution < 1.29 is 4.74 Å². The topological polar surface area (TPSA) is 75.7 Å². The Labute approximate surface area is 119 Å². The van der Waals surface area contributed by atoms with E-state index in [4.69, 9.17) is 4.74 Å². The van der Waals surface area contributed by atoms with E-state index in [2.05, 4.69) is 46.3 Å². The van der Waals surface area contributed by atoms with Gasteiger partial charge in [0.05, 0.1) is 0 Å². The minimum Gasteiger partial charge on any atom is -0.419 e. The van der Waals surface area contributed by atoms with Crippen LogP contribution in [0.1, 0.15) is 44.6 Å². The van der Waals surface area contributed by atoms with Crippen LogP contribution in [0.5, 0.6) is 11.8 Å². The highest BCUT2D eigenvalue weighted by molar-refractivity contribution is 5.39. The molecule has 0 saturated carbocycles. The zero-order valence-electron chi connectivity index (χ0n) is 12.4. The van der Waals surface area contributed by atoms with Crippen molar-refractivity contribution in [2.24, 2.45) is 0 Å². The van der Waals surface area contributed by atoms with E-state index < -0.39 is 0 Å². The molecule has 0 radical (unpaired) electrons. The summed E-state index contributed by atoms with van der Waals surface area (Å²) in [6, 6.07) is 3.63. The molecule has 0 saturated heterocycles. The molecule has 0 spiro atoms. The number of hydrogen-bond acceptors (Lipinski definition) is 5. The van der Waals surface area contributed by atoms with E-state index in [0.717, 1.165) is 30.3 Å². The predicted octanol–water partition coefficient (Wildman–Crippen LogP) is 3.25. The third-order valence-electron chi connectivity index (χ3n) is 2.68. The van der Waals surface area contributed by atoms with Crippen molar-refractivity contribution in [3.8, 4) is 11.8 Å². The highest BCUT2D eigenvalue weighted by atomic mass is 16.5. The number of hydrogen-bond donors (Lipinski definition) is 2. The van der Waals surface area contributed by atoms with Gasteiger partial charge in [-0.25, -0.2) is 4.98 Å². The summed E-state index contributed by atoms with van der Waals surface area (Å²) in [5.41, 5.74) is 0.947. The molecule has 2 aromatic heterocycles. The smallest absolute Gasteiger partial charge is 0.240 e. The molecule has 2 N–H and O–H groups in total. The number of anilines is 1. The summed E-state index contributed by atoms with van der Waals surface area (Å²) in [5.74, 6) is 2.80. The molecule has 0 unspecified atom stereocenters. The molecule has 2 aromatic rings. The average Bonchev–Trinajstić information content (AvgIpc) is 2.81. The normalized spacial score (nSPS) is 10.8. The molecule has 0 fully saturated rings. The largest absolute Gasteiger partial charge is 0.419 e. The molecular formula is C14H21N5O. The molecular weight excluding hydrogens is 254 g/mol. The maximum absolute atomic E-state index is 5.68. The Hall–Kier alpha value is -2.11. The minimum atomic E-state index is 0.238. The van der Waals surface area contributed by atoms with Gasteiger partial charge < -0.3 is 10.1 Å². The summed E-state index contributed by atoms with van der Waals surface area (Å²) >= 11 is 0. The van der Waals surface area contributed by atoms with Gasteiger partial charge >= 0.3 is 0 Å². The lowest BCUT2D eigenvalue weighted by molar-refractivity contribution is 0.438. The highest BCUT2D eigenvalue weighted by Crippen LogP contribution is 2.22. The lowest BCUT2D eigenvalue weighted by Gasteiger charge is -2.10. The second-order valence-corrected chi connectivity index (χ2v) is 5.02. The molecule has 0 aromatic carbocycles. The van der Waals surface area contributed by atoms with Gasteiger partial charge in [-0.05, 0) is 13.3 Å². The molecule has 0 aliphatic heterocycles. The summed E-state index contributed by atoms with van der Waals surface area (Å²) in [6.45, 7) is 9.02. The number of nitrogens with one attached hydrogen (secondary N) is 2. The summed E-state index contributed by atoms with van der Waals surface area (Å²) < 4.78 is 5.68. The van der Waals surface area contributed by atoms with Crippen molar-refractivity contribution in [1.29, 1.82) is 0 Å². The van der Waals surface area contributed by atoms with Crippen LogP contribution >= 0.6 is 0 Å². The number of nitrogens with zero attached hydrogens (tertiary/aromatic N) is 3. The Morgan fingerprint density at radius 3 is 2.65 bits per heavy atom. The van der Waals surface area contributed by atoms with Gasteiger partial charge in [0.1, 0.15) is 11.6 Å². The molecule has 0 aliphatic rings. The molecule has 2 heterocycles. The molecule has 0 atom stereocenters.